The molecule has 1 amide bonds. The second-order valence-electron chi connectivity index (χ2n) is 5.29. The summed E-state index contributed by atoms with van der Waals surface area (Å²) >= 11 is 6.01. The third-order valence-corrected chi connectivity index (χ3v) is 3.98. The van der Waals surface area contributed by atoms with E-state index in [-0.39, 0.29) is 5.91 Å². The first-order valence-electron chi connectivity index (χ1n) is 7.34. The highest BCUT2D eigenvalue weighted by Crippen LogP contribution is 2.24. The van der Waals surface area contributed by atoms with Gasteiger partial charge in [0.05, 0.1) is 13.3 Å². The third kappa shape index (κ3) is 3.26. The highest BCUT2D eigenvalue weighted by Gasteiger charge is 2.14. The number of carbonyl (C=O) groups excluding carboxylic acids is 1. The van der Waals surface area contributed by atoms with E-state index in [2.05, 4.69) is 15.5 Å². The van der Waals surface area contributed by atoms with Crippen molar-refractivity contribution in [2.75, 3.05) is 7.11 Å². The van der Waals surface area contributed by atoms with Gasteiger partial charge in [0.2, 0.25) is 0 Å². The van der Waals surface area contributed by atoms with Crippen LogP contribution in [0.2, 0.25) is 5.02 Å². The summed E-state index contributed by atoms with van der Waals surface area (Å²) in [5.41, 5.74) is 5.56. The summed E-state index contributed by atoms with van der Waals surface area (Å²) in [6.07, 6.45) is 1.58. The zero-order valence-electron chi connectivity index (χ0n) is 13.3. The van der Waals surface area contributed by atoms with E-state index in [1.165, 1.54) is 0 Å². The lowest BCUT2D eigenvalue weighted by Gasteiger charge is -2.00. The number of benzene rings is 2. The monoisotopic (exact) mass is 341 g/mol. The number of rotatable bonds is 4. The molecule has 6 heteroatoms. The highest BCUT2D eigenvalue weighted by molar-refractivity contribution is 6.31. The molecule has 0 atom stereocenters. The lowest BCUT2D eigenvalue weighted by molar-refractivity contribution is 0.0950. The van der Waals surface area contributed by atoms with Gasteiger partial charge in [0.25, 0.3) is 5.91 Å². The average Bonchev–Trinajstić information content (AvgIpc) is 2.92. The Morgan fingerprint density at radius 3 is 2.71 bits per heavy atom. The van der Waals surface area contributed by atoms with Gasteiger partial charge in [-0.2, -0.15) is 5.10 Å². The van der Waals surface area contributed by atoms with E-state index in [1.807, 2.05) is 43.3 Å². The lowest BCUT2D eigenvalue weighted by atomic mass is 10.1. The molecule has 24 heavy (non-hydrogen) atoms. The second-order valence-corrected chi connectivity index (χ2v) is 5.72. The molecule has 2 N–H and O–H groups in total. The minimum absolute atomic E-state index is 0.301. The first-order valence-corrected chi connectivity index (χ1v) is 7.71. The molecule has 0 spiro atoms. The van der Waals surface area contributed by atoms with Crippen molar-refractivity contribution in [1.82, 2.24) is 10.4 Å². The largest absolute Gasteiger partial charge is 0.497 e. The van der Waals surface area contributed by atoms with Crippen molar-refractivity contribution in [3.8, 4) is 5.75 Å². The summed E-state index contributed by atoms with van der Waals surface area (Å²) in [5, 5.41) is 5.55. The van der Waals surface area contributed by atoms with E-state index in [4.69, 9.17) is 16.3 Å². The molecule has 1 aromatic heterocycles. The molecule has 0 fully saturated rings. The van der Waals surface area contributed by atoms with Crippen LogP contribution >= 0.6 is 11.6 Å². The van der Waals surface area contributed by atoms with Gasteiger partial charge < -0.3 is 9.72 Å². The number of fused-ring (bicyclic) bond motifs is 1. The average molecular weight is 342 g/mol. The van der Waals surface area contributed by atoms with Crippen molar-refractivity contribution in [3.05, 3.63) is 64.3 Å². The Morgan fingerprint density at radius 1 is 1.25 bits per heavy atom. The van der Waals surface area contributed by atoms with Crippen LogP contribution in [0.15, 0.2) is 47.6 Å². The molecule has 5 nitrogen and oxygen atoms in total. The minimum atomic E-state index is -0.301. The number of halogens is 1. The van der Waals surface area contributed by atoms with Crippen molar-refractivity contribution in [2.45, 2.75) is 6.92 Å². The predicted octanol–water partition coefficient (Wildman–Crippen LogP) is 3.90. The highest BCUT2D eigenvalue weighted by atomic mass is 35.5. The summed E-state index contributed by atoms with van der Waals surface area (Å²) in [6, 6.07) is 12.8. The molecule has 0 saturated carbocycles. The number of nitrogens with zero attached hydrogens (tertiary/aromatic N) is 1. The SMILES string of the molecule is COc1ccc(C=NNC(=O)c2[nH]c3ccc(Cl)cc3c2C)cc1. The first kappa shape index (κ1) is 16.1. The van der Waals surface area contributed by atoms with Crippen LogP contribution in [0.4, 0.5) is 0 Å². The van der Waals surface area contributed by atoms with Gasteiger partial charge in [0, 0.05) is 15.9 Å². The van der Waals surface area contributed by atoms with Crippen LogP contribution in [0.25, 0.3) is 10.9 Å². The van der Waals surface area contributed by atoms with Crippen LogP contribution in [0, 0.1) is 6.92 Å². The molecule has 0 radical (unpaired) electrons. The summed E-state index contributed by atoms with van der Waals surface area (Å²) in [6.45, 7) is 1.87. The molecule has 0 aliphatic carbocycles. The molecule has 0 aliphatic heterocycles. The third-order valence-electron chi connectivity index (χ3n) is 3.74. The Morgan fingerprint density at radius 2 is 2.00 bits per heavy atom. The number of hydrogen-bond donors (Lipinski definition) is 2. The number of nitrogens with one attached hydrogen (secondary N) is 2. The summed E-state index contributed by atoms with van der Waals surface area (Å²) in [4.78, 5) is 15.4. The van der Waals surface area contributed by atoms with Crippen LogP contribution in [0.3, 0.4) is 0 Å². The Kier molecular flexibility index (Phi) is 4.53. The number of aryl methyl sites for hydroxylation is 1. The van der Waals surface area contributed by atoms with Gasteiger partial charge in [-0.15, -0.1) is 0 Å². The number of methoxy groups -OCH3 is 1. The van der Waals surface area contributed by atoms with E-state index in [0.29, 0.717) is 10.7 Å². The molecule has 0 aliphatic rings. The predicted molar refractivity (Wildman–Crippen MR) is 96.1 cm³/mol. The molecule has 122 valence electrons. The minimum Gasteiger partial charge on any atom is -0.497 e. The van der Waals surface area contributed by atoms with Crippen molar-refractivity contribution < 1.29 is 9.53 Å². The number of hydrazone groups is 1. The smallest absolute Gasteiger partial charge is 0.288 e. The maximum Gasteiger partial charge on any atom is 0.288 e. The number of ether oxygens (including phenoxy) is 1. The maximum absolute atomic E-state index is 12.3. The fourth-order valence-corrected chi connectivity index (χ4v) is 2.61. The molecule has 0 saturated heterocycles. The van der Waals surface area contributed by atoms with Gasteiger partial charge in [-0.3, -0.25) is 4.79 Å². The van der Waals surface area contributed by atoms with Crippen molar-refractivity contribution >= 4 is 34.6 Å². The fraction of sp³-hybridized carbons (Fsp3) is 0.111. The molecular formula is C18H16ClN3O2. The summed E-state index contributed by atoms with van der Waals surface area (Å²) < 4.78 is 5.09. The standard InChI is InChI=1S/C18H16ClN3O2/c1-11-15-9-13(19)5-8-16(15)21-17(11)18(23)22-20-10-12-3-6-14(24-2)7-4-12/h3-10,21H,1-2H3,(H,22,23). The molecular weight excluding hydrogens is 326 g/mol. The normalized spacial score (nSPS) is 11.1. The van der Waals surface area contributed by atoms with E-state index >= 15 is 0 Å². The van der Waals surface area contributed by atoms with Gasteiger partial charge in [0.1, 0.15) is 11.4 Å². The molecule has 0 bridgehead atoms. The van der Waals surface area contributed by atoms with Crippen molar-refractivity contribution in [3.63, 3.8) is 0 Å². The number of amides is 1. The van der Waals surface area contributed by atoms with Gasteiger partial charge in [-0.25, -0.2) is 5.43 Å². The Bertz CT molecular complexity index is 914. The first-order chi connectivity index (χ1) is 11.6. The van der Waals surface area contributed by atoms with Gasteiger partial charge in [-0.05, 0) is 60.5 Å². The number of hydrogen-bond acceptors (Lipinski definition) is 3. The zero-order valence-corrected chi connectivity index (χ0v) is 14.0. The number of carbonyl (C=O) groups is 1. The van der Waals surface area contributed by atoms with Crippen LogP contribution < -0.4 is 10.2 Å². The van der Waals surface area contributed by atoms with Crippen LogP contribution in [0.1, 0.15) is 21.6 Å². The quantitative estimate of drug-likeness (QED) is 0.558. The fourth-order valence-electron chi connectivity index (χ4n) is 2.44. The summed E-state index contributed by atoms with van der Waals surface area (Å²) in [5.74, 6) is 0.466. The van der Waals surface area contributed by atoms with Crippen molar-refractivity contribution in [1.29, 1.82) is 0 Å². The van der Waals surface area contributed by atoms with E-state index in [9.17, 15) is 4.79 Å². The molecule has 3 aromatic rings. The van der Waals surface area contributed by atoms with Gasteiger partial charge in [0.15, 0.2) is 0 Å². The topological polar surface area (TPSA) is 66.5 Å². The van der Waals surface area contributed by atoms with E-state index < -0.39 is 0 Å². The van der Waals surface area contributed by atoms with Gasteiger partial charge in [-0.1, -0.05) is 11.6 Å². The van der Waals surface area contributed by atoms with Crippen LogP contribution in [-0.2, 0) is 0 Å². The summed E-state index contributed by atoms with van der Waals surface area (Å²) in [7, 11) is 1.61. The molecule has 2 aromatic carbocycles. The number of aromatic nitrogens is 1. The zero-order chi connectivity index (χ0) is 17.1. The molecule has 3 rings (SSSR count). The molecule has 1 heterocycles. The second kappa shape index (κ2) is 6.76. The number of aromatic amines is 1. The lowest BCUT2D eigenvalue weighted by Crippen LogP contribution is -2.18. The van der Waals surface area contributed by atoms with E-state index in [0.717, 1.165) is 27.8 Å². The Hall–Kier alpha value is -2.79. The Labute approximate surface area is 144 Å². The van der Waals surface area contributed by atoms with Crippen LogP contribution in [-0.4, -0.2) is 24.2 Å². The van der Waals surface area contributed by atoms with Crippen molar-refractivity contribution in [2.24, 2.45) is 5.10 Å². The maximum atomic E-state index is 12.3. The molecule has 0 unspecified atom stereocenters. The van der Waals surface area contributed by atoms with E-state index in [1.54, 1.807) is 19.4 Å². The van der Waals surface area contributed by atoms with Crippen LogP contribution in [0.5, 0.6) is 5.75 Å². The Balaban J connectivity index is 1.75. The van der Waals surface area contributed by atoms with Gasteiger partial charge >= 0.3 is 0 Å². The number of H-pyrrole nitrogens is 1.